The van der Waals surface area contributed by atoms with Gasteiger partial charge in [-0.05, 0) is 18.6 Å². The van der Waals surface area contributed by atoms with Crippen LogP contribution in [0.2, 0.25) is 5.02 Å². The molecule has 0 N–H and O–H groups in total. The largest absolute Gasteiger partial charge is 0.379 e. The Balaban J connectivity index is 1.54. The van der Waals surface area contributed by atoms with E-state index in [-0.39, 0.29) is 0 Å². The van der Waals surface area contributed by atoms with Crippen molar-refractivity contribution in [3.63, 3.8) is 0 Å². The van der Waals surface area contributed by atoms with Gasteiger partial charge in [-0.25, -0.2) is 0 Å². The summed E-state index contributed by atoms with van der Waals surface area (Å²) < 4.78 is 5.42. The van der Waals surface area contributed by atoms with Crippen LogP contribution in [-0.4, -0.2) is 60.2 Å². The Bertz CT molecular complexity index is 423. The molecule has 3 rings (SSSR count). The molecule has 0 bridgehead atoms. The Morgan fingerprint density at radius 3 is 2.95 bits per heavy atom. The number of nitrogens with zero attached hydrogens (tertiary/aromatic N) is 3. The predicted molar refractivity (Wildman–Crippen MR) is 75.3 cm³/mol. The zero-order chi connectivity index (χ0) is 13.1. The van der Waals surface area contributed by atoms with Gasteiger partial charge < -0.3 is 4.74 Å². The van der Waals surface area contributed by atoms with Crippen molar-refractivity contribution in [3.8, 4) is 0 Å². The lowest BCUT2D eigenvalue weighted by Crippen LogP contribution is -2.44. The van der Waals surface area contributed by atoms with E-state index in [2.05, 4.69) is 14.8 Å². The molecular weight excluding hydrogens is 262 g/mol. The number of ether oxygens (including phenoxy) is 1. The van der Waals surface area contributed by atoms with Crippen molar-refractivity contribution in [2.75, 3.05) is 39.4 Å². The standard InChI is InChI=1S/C14H20ClN3O/c15-12-1-3-16-13(9-12)10-17-4-2-14(11-17)18-5-7-19-8-6-18/h1,3,9,14H,2,4-8,10-11H2. The lowest BCUT2D eigenvalue weighted by atomic mass is 10.2. The van der Waals surface area contributed by atoms with Gasteiger partial charge in [-0.15, -0.1) is 0 Å². The molecule has 19 heavy (non-hydrogen) atoms. The summed E-state index contributed by atoms with van der Waals surface area (Å²) in [5.74, 6) is 0. The van der Waals surface area contributed by atoms with Crippen LogP contribution in [0.25, 0.3) is 0 Å². The summed E-state index contributed by atoms with van der Waals surface area (Å²) >= 11 is 6.00. The monoisotopic (exact) mass is 281 g/mol. The molecule has 2 aliphatic rings. The third-order valence-electron chi connectivity index (χ3n) is 3.97. The van der Waals surface area contributed by atoms with Gasteiger partial charge in [0.1, 0.15) is 0 Å². The van der Waals surface area contributed by atoms with Crippen LogP contribution in [0.4, 0.5) is 0 Å². The Kier molecular flexibility index (Phi) is 4.33. The van der Waals surface area contributed by atoms with Gasteiger partial charge in [-0.1, -0.05) is 11.6 Å². The fraction of sp³-hybridized carbons (Fsp3) is 0.643. The molecule has 1 unspecified atom stereocenters. The molecular formula is C14H20ClN3O. The summed E-state index contributed by atoms with van der Waals surface area (Å²) in [4.78, 5) is 9.42. The van der Waals surface area contributed by atoms with E-state index in [1.54, 1.807) is 6.20 Å². The molecule has 0 saturated carbocycles. The highest BCUT2D eigenvalue weighted by Gasteiger charge is 2.28. The normalized spacial score (nSPS) is 25.8. The minimum absolute atomic E-state index is 0.683. The van der Waals surface area contributed by atoms with E-state index < -0.39 is 0 Å². The Morgan fingerprint density at radius 1 is 1.32 bits per heavy atom. The molecule has 104 valence electrons. The summed E-state index contributed by atoms with van der Waals surface area (Å²) in [6, 6.07) is 4.47. The van der Waals surface area contributed by atoms with Gasteiger partial charge in [0.05, 0.1) is 18.9 Å². The van der Waals surface area contributed by atoms with Gasteiger partial charge in [0.2, 0.25) is 0 Å². The van der Waals surface area contributed by atoms with Gasteiger partial charge in [0.25, 0.3) is 0 Å². The van der Waals surface area contributed by atoms with Crippen LogP contribution in [0, 0.1) is 0 Å². The van der Waals surface area contributed by atoms with Crippen molar-refractivity contribution in [1.29, 1.82) is 0 Å². The van der Waals surface area contributed by atoms with Crippen molar-refractivity contribution in [2.45, 2.75) is 19.0 Å². The Labute approximate surface area is 119 Å². The third kappa shape index (κ3) is 3.45. The molecule has 1 atom stereocenters. The fourth-order valence-electron chi connectivity index (χ4n) is 2.96. The number of hydrogen-bond donors (Lipinski definition) is 0. The molecule has 4 nitrogen and oxygen atoms in total. The molecule has 0 radical (unpaired) electrons. The molecule has 0 amide bonds. The van der Waals surface area contributed by atoms with Crippen molar-refractivity contribution < 1.29 is 4.74 Å². The van der Waals surface area contributed by atoms with Crippen molar-refractivity contribution >= 4 is 11.6 Å². The van der Waals surface area contributed by atoms with Crippen molar-refractivity contribution in [1.82, 2.24) is 14.8 Å². The van der Waals surface area contributed by atoms with Crippen LogP contribution in [0.15, 0.2) is 18.3 Å². The van der Waals surface area contributed by atoms with Gasteiger partial charge >= 0.3 is 0 Å². The minimum Gasteiger partial charge on any atom is -0.379 e. The van der Waals surface area contributed by atoms with Crippen molar-refractivity contribution in [2.24, 2.45) is 0 Å². The van der Waals surface area contributed by atoms with Gasteiger partial charge in [-0.2, -0.15) is 0 Å². The highest BCUT2D eigenvalue weighted by molar-refractivity contribution is 6.30. The average molecular weight is 282 g/mol. The maximum atomic E-state index is 6.00. The van der Waals surface area contributed by atoms with Crippen LogP contribution in [0.1, 0.15) is 12.1 Å². The van der Waals surface area contributed by atoms with Crippen LogP contribution >= 0.6 is 11.6 Å². The Morgan fingerprint density at radius 2 is 2.16 bits per heavy atom. The van der Waals surface area contributed by atoms with Gasteiger partial charge in [0, 0.05) is 50.0 Å². The molecule has 0 spiro atoms. The minimum atomic E-state index is 0.683. The van der Waals surface area contributed by atoms with Crippen LogP contribution in [0.3, 0.4) is 0 Å². The average Bonchev–Trinajstić information content (AvgIpc) is 2.88. The van der Waals surface area contributed by atoms with Gasteiger partial charge in [-0.3, -0.25) is 14.8 Å². The number of rotatable bonds is 3. The molecule has 3 heterocycles. The first-order valence-corrected chi connectivity index (χ1v) is 7.33. The summed E-state index contributed by atoms with van der Waals surface area (Å²) in [5, 5.41) is 0.772. The number of aromatic nitrogens is 1. The molecule has 2 fully saturated rings. The zero-order valence-corrected chi connectivity index (χ0v) is 11.9. The molecule has 0 aliphatic carbocycles. The molecule has 5 heteroatoms. The van der Waals surface area contributed by atoms with E-state index in [4.69, 9.17) is 16.3 Å². The van der Waals surface area contributed by atoms with Crippen molar-refractivity contribution in [3.05, 3.63) is 29.0 Å². The first-order valence-electron chi connectivity index (χ1n) is 6.96. The molecule has 2 aliphatic heterocycles. The number of likely N-dealkylation sites (tertiary alicyclic amines) is 1. The van der Waals surface area contributed by atoms with Gasteiger partial charge in [0.15, 0.2) is 0 Å². The van der Waals surface area contributed by atoms with Crippen LogP contribution in [0.5, 0.6) is 0 Å². The maximum Gasteiger partial charge on any atom is 0.0594 e. The molecule has 1 aromatic rings. The summed E-state index contributed by atoms with van der Waals surface area (Å²) in [7, 11) is 0. The lowest BCUT2D eigenvalue weighted by molar-refractivity contribution is 0.0183. The summed E-state index contributed by atoms with van der Waals surface area (Å²) in [6.07, 6.45) is 3.04. The fourth-order valence-corrected chi connectivity index (χ4v) is 3.14. The van der Waals surface area contributed by atoms with Crippen LogP contribution in [-0.2, 0) is 11.3 Å². The van der Waals surface area contributed by atoms with E-state index in [1.165, 1.54) is 6.42 Å². The zero-order valence-electron chi connectivity index (χ0n) is 11.1. The number of hydrogen-bond acceptors (Lipinski definition) is 4. The summed E-state index contributed by atoms with van der Waals surface area (Å²) in [6.45, 7) is 7.10. The van der Waals surface area contributed by atoms with E-state index in [0.29, 0.717) is 6.04 Å². The highest BCUT2D eigenvalue weighted by atomic mass is 35.5. The second kappa shape index (κ2) is 6.18. The molecule has 1 aromatic heterocycles. The first-order chi connectivity index (χ1) is 9.31. The van der Waals surface area contributed by atoms with E-state index in [9.17, 15) is 0 Å². The summed E-state index contributed by atoms with van der Waals surface area (Å²) in [5.41, 5.74) is 1.06. The second-order valence-electron chi connectivity index (χ2n) is 5.29. The molecule has 0 aromatic carbocycles. The highest BCUT2D eigenvalue weighted by Crippen LogP contribution is 2.19. The topological polar surface area (TPSA) is 28.6 Å². The number of pyridine rings is 1. The van der Waals surface area contributed by atoms with E-state index in [1.807, 2.05) is 12.1 Å². The van der Waals surface area contributed by atoms with E-state index >= 15 is 0 Å². The SMILES string of the molecule is Clc1ccnc(CN2CCC(N3CCOCC3)C2)c1. The van der Waals surface area contributed by atoms with E-state index in [0.717, 1.165) is 56.7 Å². The maximum absolute atomic E-state index is 6.00. The number of morpholine rings is 1. The second-order valence-corrected chi connectivity index (χ2v) is 5.73. The molecule has 2 saturated heterocycles. The van der Waals surface area contributed by atoms with Crippen LogP contribution < -0.4 is 0 Å². The predicted octanol–water partition coefficient (Wildman–Crippen LogP) is 1.64. The first kappa shape index (κ1) is 13.3. The Hall–Kier alpha value is -0.680. The lowest BCUT2D eigenvalue weighted by Gasteiger charge is -2.32. The smallest absolute Gasteiger partial charge is 0.0594 e. The number of halogens is 1. The third-order valence-corrected chi connectivity index (χ3v) is 4.21. The quantitative estimate of drug-likeness (QED) is 0.842.